The lowest BCUT2D eigenvalue weighted by molar-refractivity contribution is -0.131. The topological polar surface area (TPSA) is 79.3 Å². The van der Waals surface area contributed by atoms with Crippen molar-refractivity contribution < 1.29 is 18.4 Å². The van der Waals surface area contributed by atoms with Crippen molar-refractivity contribution in [1.82, 2.24) is 14.7 Å². The van der Waals surface area contributed by atoms with Gasteiger partial charge in [0.25, 0.3) is 0 Å². The van der Waals surface area contributed by atoms with Gasteiger partial charge in [0.15, 0.2) is 0 Å². The number of urea groups is 1. The Kier molecular flexibility index (Phi) is 9.13. The van der Waals surface area contributed by atoms with E-state index < -0.39 is 11.6 Å². The largest absolute Gasteiger partial charge is 0.342 e. The molecule has 3 amide bonds. The minimum Gasteiger partial charge on any atom is -0.342 e. The first-order chi connectivity index (χ1) is 20.9. The number of hydrogen-bond donors (Lipinski definition) is 2. The number of aryl methyl sites for hydroxylation is 1. The zero-order valence-electron chi connectivity index (χ0n) is 25.7. The van der Waals surface area contributed by atoms with Crippen LogP contribution in [0.3, 0.4) is 0 Å². The number of amides is 3. The lowest BCUT2D eigenvalue weighted by Gasteiger charge is -2.32. The van der Waals surface area contributed by atoms with Gasteiger partial charge in [-0.25, -0.2) is 18.3 Å². The number of hydrogen-bond acceptors (Lipinski definition) is 3. The zero-order valence-corrected chi connectivity index (χ0v) is 25.7. The van der Waals surface area contributed by atoms with Crippen LogP contribution in [0.2, 0.25) is 0 Å². The van der Waals surface area contributed by atoms with Crippen LogP contribution in [0.5, 0.6) is 0 Å². The highest BCUT2D eigenvalue weighted by atomic mass is 19.1. The summed E-state index contributed by atoms with van der Waals surface area (Å²) in [5.41, 5.74) is 4.67. The van der Waals surface area contributed by atoms with Crippen molar-refractivity contribution in [2.75, 3.05) is 23.7 Å². The summed E-state index contributed by atoms with van der Waals surface area (Å²) in [6, 6.07) is 20.7. The van der Waals surface area contributed by atoms with E-state index in [2.05, 4.69) is 31.4 Å². The summed E-state index contributed by atoms with van der Waals surface area (Å²) >= 11 is 0. The summed E-state index contributed by atoms with van der Waals surface area (Å²) in [5.74, 6) is -0.535. The number of carbonyl (C=O) groups is 2. The molecule has 0 spiro atoms. The lowest BCUT2D eigenvalue weighted by Crippen LogP contribution is -2.39. The van der Waals surface area contributed by atoms with E-state index in [1.165, 1.54) is 12.1 Å². The molecule has 2 N–H and O–H groups in total. The molecule has 3 aromatic carbocycles. The van der Waals surface area contributed by atoms with E-state index in [0.717, 1.165) is 47.8 Å². The molecule has 1 aliphatic rings. The van der Waals surface area contributed by atoms with Crippen molar-refractivity contribution in [1.29, 1.82) is 0 Å². The number of piperidine rings is 1. The molecule has 1 aliphatic heterocycles. The van der Waals surface area contributed by atoms with Gasteiger partial charge in [-0.1, -0.05) is 56.7 Å². The Morgan fingerprint density at radius 3 is 2.34 bits per heavy atom. The van der Waals surface area contributed by atoms with Crippen LogP contribution in [0, 0.1) is 24.5 Å². The van der Waals surface area contributed by atoms with Gasteiger partial charge < -0.3 is 10.2 Å². The molecule has 4 aromatic rings. The van der Waals surface area contributed by atoms with Crippen LogP contribution >= 0.6 is 0 Å². The number of halogens is 2. The maximum absolute atomic E-state index is 14.0. The lowest BCUT2D eigenvalue weighted by atomic mass is 9.90. The molecule has 0 saturated carbocycles. The summed E-state index contributed by atoms with van der Waals surface area (Å²) in [7, 11) is 0. The molecule has 2 heterocycles. The molecule has 44 heavy (non-hydrogen) atoms. The molecule has 1 aromatic heterocycles. The van der Waals surface area contributed by atoms with Gasteiger partial charge in [-0.05, 0) is 73.6 Å². The van der Waals surface area contributed by atoms with Crippen LogP contribution < -0.4 is 10.6 Å². The highest BCUT2D eigenvalue weighted by Crippen LogP contribution is 2.27. The molecule has 0 bridgehead atoms. The Balaban J connectivity index is 1.17. The van der Waals surface area contributed by atoms with Gasteiger partial charge in [0.2, 0.25) is 5.91 Å². The molecule has 1 fully saturated rings. The summed E-state index contributed by atoms with van der Waals surface area (Å²) < 4.78 is 29.0. The molecule has 230 valence electrons. The maximum Gasteiger partial charge on any atom is 0.324 e. The van der Waals surface area contributed by atoms with Gasteiger partial charge in [-0.2, -0.15) is 5.10 Å². The molecular weight excluding hydrogens is 560 g/mol. The van der Waals surface area contributed by atoms with Gasteiger partial charge in [0.05, 0.1) is 17.8 Å². The minimum atomic E-state index is -0.693. The molecule has 9 heteroatoms. The van der Waals surface area contributed by atoms with E-state index in [-0.39, 0.29) is 29.3 Å². The van der Waals surface area contributed by atoms with Gasteiger partial charge in [0, 0.05) is 36.3 Å². The predicted octanol–water partition coefficient (Wildman–Crippen LogP) is 7.42. The fourth-order valence-corrected chi connectivity index (χ4v) is 5.43. The van der Waals surface area contributed by atoms with Crippen molar-refractivity contribution in [3.05, 3.63) is 107 Å². The zero-order chi connectivity index (χ0) is 31.4. The Morgan fingerprint density at radius 1 is 0.932 bits per heavy atom. The fraction of sp³-hybridized carbons (Fsp3) is 0.343. The van der Waals surface area contributed by atoms with Crippen LogP contribution in [0.25, 0.3) is 5.69 Å². The second kappa shape index (κ2) is 13.0. The summed E-state index contributed by atoms with van der Waals surface area (Å²) in [6.07, 6.45) is 2.40. The SMILES string of the molecule is Cc1ccc(-n2nc(C(C)(C)C)cc2NC(=O)Nc2cccc(CC3CCN(C(=O)Cc4ccc(F)cc4F)CC3)c2)cc1. The van der Waals surface area contributed by atoms with E-state index in [1.807, 2.05) is 61.5 Å². The van der Waals surface area contributed by atoms with Crippen molar-refractivity contribution in [2.24, 2.45) is 5.92 Å². The average Bonchev–Trinajstić information content (AvgIpc) is 3.40. The first-order valence-electron chi connectivity index (χ1n) is 15.0. The van der Waals surface area contributed by atoms with Crippen molar-refractivity contribution in [3.63, 3.8) is 0 Å². The van der Waals surface area contributed by atoms with E-state index in [9.17, 15) is 18.4 Å². The number of nitrogens with zero attached hydrogens (tertiary/aromatic N) is 3. The Labute approximate surface area is 257 Å². The van der Waals surface area contributed by atoms with Gasteiger partial charge in [0.1, 0.15) is 17.5 Å². The molecule has 0 radical (unpaired) electrons. The Bertz CT molecular complexity index is 1630. The standard InChI is InChI=1S/C35H39F2N5O2/c1-23-8-12-29(13-9-23)42-32(22-31(40-42)35(2,3)4)39-34(44)38-28-7-5-6-25(19-28)18-24-14-16-41(17-15-24)33(43)20-26-10-11-27(36)21-30(26)37/h5-13,19,21-22,24H,14-18,20H2,1-4H3,(H2,38,39,44). The fourth-order valence-electron chi connectivity index (χ4n) is 5.43. The monoisotopic (exact) mass is 599 g/mol. The average molecular weight is 600 g/mol. The number of benzene rings is 3. The van der Waals surface area contributed by atoms with E-state index in [4.69, 9.17) is 5.10 Å². The van der Waals surface area contributed by atoms with E-state index in [0.29, 0.717) is 30.5 Å². The third-order valence-corrected chi connectivity index (χ3v) is 8.03. The molecule has 0 aliphatic carbocycles. The molecule has 1 saturated heterocycles. The van der Waals surface area contributed by atoms with E-state index >= 15 is 0 Å². The third-order valence-electron chi connectivity index (χ3n) is 8.03. The van der Waals surface area contributed by atoms with Crippen LogP contribution in [0.15, 0.2) is 72.8 Å². The predicted molar refractivity (Wildman–Crippen MR) is 169 cm³/mol. The van der Waals surface area contributed by atoms with Crippen molar-refractivity contribution in [3.8, 4) is 5.69 Å². The summed E-state index contributed by atoms with van der Waals surface area (Å²) in [6.45, 7) is 9.47. The van der Waals surface area contributed by atoms with Gasteiger partial charge in [-0.3, -0.25) is 10.1 Å². The first kappa shape index (κ1) is 30.9. The van der Waals surface area contributed by atoms with Crippen molar-refractivity contribution in [2.45, 2.75) is 58.8 Å². The maximum atomic E-state index is 14.0. The molecule has 7 nitrogen and oxygen atoms in total. The quantitative estimate of drug-likeness (QED) is 0.232. The number of nitrogens with one attached hydrogen (secondary N) is 2. The molecule has 5 rings (SSSR count). The Hall–Kier alpha value is -4.53. The third kappa shape index (κ3) is 7.70. The van der Waals surface area contributed by atoms with Crippen LogP contribution in [-0.2, 0) is 23.1 Å². The highest BCUT2D eigenvalue weighted by molar-refractivity contribution is 5.99. The smallest absolute Gasteiger partial charge is 0.324 e. The van der Waals surface area contributed by atoms with Crippen LogP contribution in [0.1, 0.15) is 56.0 Å². The second-order valence-electron chi connectivity index (χ2n) is 12.6. The number of likely N-dealkylation sites (tertiary alicyclic amines) is 1. The van der Waals surface area contributed by atoms with Crippen LogP contribution in [-0.4, -0.2) is 39.7 Å². The summed E-state index contributed by atoms with van der Waals surface area (Å²) in [4.78, 5) is 27.6. The number of rotatable bonds is 7. The van der Waals surface area contributed by atoms with Gasteiger partial charge >= 0.3 is 6.03 Å². The normalized spacial score (nSPS) is 14.0. The van der Waals surface area contributed by atoms with Crippen LogP contribution in [0.4, 0.5) is 25.1 Å². The Morgan fingerprint density at radius 2 is 1.66 bits per heavy atom. The number of anilines is 2. The summed E-state index contributed by atoms with van der Waals surface area (Å²) in [5, 5.41) is 10.7. The second-order valence-corrected chi connectivity index (χ2v) is 12.6. The molecular formula is C35H39F2N5O2. The molecule has 0 atom stereocenters. The molecule has 0 unspecified atom stereocenters. The van der Waals surface area contributed by atoms with Gasteiger partial charge in [-0.15, -0.1) is 0 Å². The number of carbonyl (C=O) groups excluding carboxylic acids is 2. The van der Waals surface area contributed by atoms with E-state index in [1.54, 1.807) is 9.58 Å². The minimum absolute atomic E-state index is 0.0735. The first-order valence-corrected chi connectivity index (χ1v) is 15.0. The number of aromatic nitrogens is 2. The highest BCUT2D eigenvalue weighted by Gasteiger charge is 2.24. The van der Waals surface area contributed by atoms with Crippen molar-refractivity contribution >= 4 is 23.4 Å².